The minimum atomic E-state index is -0.617. The van der Waals surface area contributed by atoms with Gasteiger partial charge in [-0.1, -0.05) is 11.6 Å². The smallest absolute Gasteiger partial charge is 0.311 e. The van der Waals surface area contributed by atoms with E-state index in [0.717, 1.165) is 19.3 Å². The van der Waals surface area contributed by atoms with Crippen LogP contribution < -0.4 is 5.32 Å². The van der Waals surface area contributed by atoms with Crippen LogP contribution in [0.5, 0.6) is 0 Å². The fraction of sp³-hybridized carbons (Fsp3) is 0.500. The van der Waals surface area contributed by atoms with E-state index in [2.05, 4.69) is 10.3 Å². The van der Waals surface area contributed by atoms with E-state index in [9.17, 15) is 14.9 Å². The Kier molecular flexibility index (Phi) is 4.20. The molecule has 1 aromatic rings. The molecule has 1 amide bonds. The zero-order valence-corrected chi connectivity index (χ0v) is 11.6. The topological polar surface area (TPSA) is 94.4 Å². The molecule has 1 aliphatic carbocycles. The second-order valence-electron chi connectivity index (χ2n) is 4.72. The molecule has 0 atom stereocenters. The highest BCUT2D eigenvalue weighted by Crippen LogP contribution is 2.38. The van der Waals surface area contributed by atoms with E-state index in [-0.39, 0.29) is 29.0 Å². The average Bonchev–Trinajstić information content (AvgIpc) is 2.33. The van der Waals surface area contributed by atoms with Crippen molar-refractivity contribution in [2.75, 3.05) is 12.4 Å². The molecule has 0 unspecified atom stereocenters. The number of methoxy groups -OCH3 is 1. The van der Waals surface area contributed by atoms with E-state index in [0.29, 0.717) is 0 Å². The number of carbonyl (C=O) groups is 1. The molecule has 0 aromatic carbocycles. The minimum absolute atomic E-state index is 0.0796. The maximum absolute atomic E-state index is 12.0. The first kappa shape index (κ1) is 14.7. The van der Waals surface area contributed by atoms with Gasteiger partial charge < -0.3 is 10.1 Å². The van der Waals surface area contributed by atoms with Gasteiger partial charge in [0, 0.05) is 13.2 Å². The van der Waals surface area contributed by atoms with Gasteiger partial charge >= 0.3 is 5.69 Å². The number of aromatic nitrogens is 1. The Bertz CT molecular complexity index is 540. The lowest BCUT2D eigenvalue weighted by Crippen LogP contribution is -2.42. The van der Waals surface area contributed by atoms with Crippen molar-refractivity contribution in [2.45, 2.75) is 31.3 Å². The summed E-state index contributed by atoms with van der Waals surface area (Å²) in [7, 11) is 1.56. The number of pyridine rings is 1. The summed E-state index contributed by atoms with van der Waals surface area (Å²) in [6, 6.07) is 2.51. The zero-order valence-electron chi connectivity index (χ0n) is 10.9. The molecule has 1 aromatic heterocycles. The molecular formula is C12H14ClN3O4. The van der Waals surface area contributed by atoms with Crippen LogP contribution in [0.4, 0.5) is 11.5 Å². The molecule has 0 saturated heterocycles. The first-order chi connectivity index (χ1) is 9.46. The first-order valence-corrected chi connectivity index (χ1v) is 6.49. The third-order valence-electron chi connectivity index (χ3n) is 3.48. The lowest BCUT2D eigenvalue weighted by molar-refractivity contribution is -0.384. The van der Waals surface area contributed by atoms with Crippen LogP contribution >= 0.6 is 11.6 Å². The molecule has 2 rings (SSSR count). The highest BCUT2D eigenvalue weighted by molar-refractivity contribution is 6.29. The Labute approximate surface area is 120 Å². The molecule has 1 heterocycles. The zero-order chi connectivity index (χ0) is 14.8. The van der Waals surface area contributed by atoms with Crippen LogP contribution in [0.15, 0.2) is 12.1 Å². The molecule has 1 aliphatic rings. The van der Waals surface area contributed by atoms with Gasteiger partial charge in [-0.15, -0.1) is 0 Å². The van der Waals surface area contributed by atoms with Gasteiger partial charge in [-0.25, -0.2) is 4.98 Å². The summed E-state index contributed by atoms with van der Waals surface area (Å²) in [5, 5.41) is 13.4. The van der Waals surface area contributed by atoms with Crippen molar-refractivity contribution in [1.29, 1.82) is 0 Å². The number of rotatable bonds is 5. The molecule has 7 nitrogen and oxygen atoms in total. The van der Waals surface area contributed by atoms with Gasteiger partial charge in [-0.05, 0) is 25.3 Å². The van der Waals surface area contributed by atoms with Gasteiger partial charge in [0.15, 0.2) is 0 Å². The maximum atomic E-state index is 12.0. The predicted octanol–water partition coefficient (Wildman–Crippen LogP) is 2.54. The number of ether oxygens (including phenoxy) is 1. The van der Waals surface area contributed by atoms with Gasteiger partial charge in [0.1, 0.15) is 5.15 Å². The summed E-state index contributed by atoms with van der Waals surface area (Å²) < 4.78 is 5.34. The fourth-order valence-electron chi connectivity index (χ4n) is 2.16. The monoisotopic (exact) mass is 299 g/mol. The van der Waals surface area contributed by atoms with Crippen LogP contribution in [-0.2, 0) is 9.53 Å². The minimum Gasteiger partial charge on any atom is -0.378 e. The number of amides is 1. The second kappa shape index (κ2) is 5.72. The normalized spacial score (nSPS) is 16.3. The van der Waals surface area contributed by atoms with E-state index in [1.54, 1.807) is 7.11 Å². The van der Waals surface area contributed by atoms with E-state index in [1.165, 1.54) is 12.1 Å². The first-order valence-electron chi connectivity index (χ1n) is 6.12. The summed E-state index contributed by atoms with van der Waals surface area (Å²) in [4.78, 5) is 26.0. The molecule has 0 bridgehead atoms. The van der Waals surface area contributed by atoms with Gasteiger partial charge in [0.2, 0.25) is 11.7 Å². The highest BCUT2D eigenvalue weighted by atomic mass is 35.5. The van der Waals surface area contributed by atoms with Gasteiger partial charge in [0.05, 0.1) is 16.9 Å². The third-order valence-corrected chi connectivity index (χ3v) is 3.69. The van der Waals surface area contributed by atoms with E-state index < -0.39 is 10.5 Å². The van der Waals surface area contributed by atoms with Crippen molar-refractivity contribution >= 4 is 29.0 Å². The van der Waals surface area contributed by atoms with Crippen molar-refractivity contribution in [2.24, 2.45) is 0 Å². The Hall–Kier alpha value is -1.73. The summed E-state index contributed by atoms with van der Waals surface area (Å²) in [5.74, 6) is -0.512. The van der Waals surface area contributed by atoms with Crippen LogP contribution in [0.25, 0.3) is 0 Å². The average molecular weight is 300 g/mol. The van der Waals surface area contributed by atoms with Crippen LogP contribution in [0.1, 0.15) is 25.7 Å². The standard InChI is InChI=1S/C12H14ClN3O4/c1-20-12(5-2-6-12)7-10(17)15-11-8(16(18)19)3-4-9(13)14-11/h3-4H,2,5-7H2,1H3,(H,14,15,17). The number of nitrogens with one attached hydrogen (secondary N) is 1. The lowest BCUT2D eigenvalue weighted by atomic mass is 9.77. The van der Waals surface area contributed by atoms with Crippen molar-refractivity contribution < 1.29 is 14.5 Å². The molecule has 1 fully saturated rings. The van der Waals surface area contributed by atoms with Crippen molar-refractivity contribution in [3.63, 3.8) is 0 Å². The van der Waals surface area contributed by atoms with Crippen molar-refractivity contribution in [1.82, 2.24) is 4.98 Å². The van der Waals surface area contributed by atoms with Gasteiger partial charge in [0.25, 0.3) is 0 Å². The Morgan fingerprint density at radius 3 is 2.80 bits per heavy atom. The number of halogens is 1. The fourth-order valence-corrected chi connectivity index (χ4v) is 2.31. The van der Waals surface area contributed by atoms with Crippen LogP contribution in [0, 0.1) is 10.1 Å². The lowest BCUT2D eigenvalue weighted by Gasteiger charge is -2.39. The molecule has 1 N–H and O–H groups in total. The van der Waals surface area contributed by atoms with Gasteiger partial charge in [-0.3, -0.25) is 14.9 Å². The van der Waals surface area contributed by atoms with Crippen molar-refractivity contribution in [3.05, 3.63) is 27.4 Å². The van der Waals surface area contributed by atoms with E-state index in [1.807, 2.05) is 0 Å². The Morgan fingerprint density at radius 2 is 2.30 bits per heavy atom. The molecule has 0 aliphatic heterocycles. The number of carbonyl (C=O) groups excluding carboxylic acids is 1. The Morgan fingerprint density at radius 1 is 1.60 bits per heavy atom. The summed E-state index contributed by atoms with van der Waals surface area (Å²) in [6.07, 6.45) is 2.77. The number of nitrogens with zero attached hydrogens (tertiary/aromatic N) is 2. The van der Waals surface area contributed by atoms with E-state index in [4.69, 9.17) is 16.3 Å². The number of nitro groups is 1. The quantitative estimate of drug-likeness (QED) is 0.512. The van der Waals surface area contributed by atoms with Gasteiger partial charge in [-0.2, -0.15) is 0 Å². The molecule has 1 saturated carbocycles. The SMILES string of the molecule is COC1(CC(=O)Nc2nc(Cl)ccc2[N+](=O)[O-])CCC1. The summed E-state index contributed by atoms with van der Waals surface area (Å²) >= 11 is 5.69. The number of hydrogen-bond donors (Lipinski definition) is 1. The largest absolute Gasteiger partial charge is 0.378 e. The summed E-state index contributed by atoms with van der Waals surface area (Å²) in [6.45, 7) is 0. The molecule has 108 valence electrons. The second-order valence-corrected chi connectivity index (χ2v) is 5.11. The molecular weight excluding hydrogens is 286 g/mol. The summed E-state index contributed by atoms with van der Waals surface area (Å²) in [5.41, 5.74) is -0.736. The number of hydrogen-bond acceptors (Lipinski definition) is 5. The highest BCUT2D eigenvalue weighted by Gasteiger charge is 2.39. The number of anilines is 1. The molecule has 8 heteroatoms. The molecule has 20 heavy (non-hydrogen) atoms. The predicted molar refractivity (Wildman–Crippen MR) is 72.7 cm³/mol. The van der Waals surface area contributed by atoms with Crippen molar-refractivity contribution in [3.8, 4) is 0 Å². The van der Waals surface area contributed by atoms with E-state index >= 15 is 0 Å². The van der Waals surface area contributed by atoms with Crippen LogP contribution in [0.3, 0.4) is 0 Å². The molecule has 0 spiro atoms. The van der Waals surface area contributed by atoms with Crippen LogP contribution in [-0.4, -0.2) is 28.5 Å². The third kappa shape index (κ3) is 3.05. The molecule has 0 radical (unpaired) electrons. The van der Waals surface area contributed by atoms with Crippen LogP contribution in [0.2, 0.25) is 5.15 Å². The Balaban J connectivity index is 2.11. The maximum Gasteiger partial charge on any atom is 0.311 e.